The van der Waals surface area contributed by atoms with E-state index in [0.717, 1.165) is 12.8 Å². The molecule has 5 heteroatoms. The van der Waals surface area contributed by atoms with Crippen LogP contribution < -0.4 is 0 Å². The first-order valence-corrected chi connectivity index (χ1v) is 6.75. The molecule has 0 atom stereocenters. The fourth-order valence-corrected chi connectivity index (χ4v) is 3.21. The van der Waals surface area contributed by atoms with Gasteiger partial charge in [0, 0.05) is 5.41 Å². The molecule has 0 radical (unpaired) electrons. The van der Waals surface area contributed by atoms with Gasteiger partial charge in [-0.15, -0.1) is 0 Å². The van der Waals surface area contributed by atoms with Crippen LogP contribution in [0, 0.1) is 5.41 Å². The van der Waals surface area contributed by atoms with Gasteiger partial charge in [0.1, 0.15) is 0 Å². The second-order valence-electron chi connectivity index (χ2n) is 4.20. The summed E-state index contributed by atoms with van der Waals surface area (Å²) in [7, 11) is -2.83. The third-order valence-corrected chi connectivity index (χ3v) is 4.30. The molecule has 1 aliphatic rings. The van der Waals surface area contributed by atoms with Crippen molar-refractivity contribution in [3.05, 3.63) is 0 Å². The molecule has 0 aromatic rings. The first kappa shape index (κ1) is 12.2. The predicted molar refractivity (Wildman–Crippen MR) is 54.5 cm³/mol. The minimum absolute atomic E-state index is 0.000772. The molecule has 1 fully saturated rings. The summed E-state index contributed by atoms with van der Waals surface area (Å²) in [6, 6.07) is 0. The summed E-state index contributed by atoms with van der Waals surface area (Å²) in [4.78, 5) is 0. The average molecular weight is 222 g/mol. The molecule has 14 heavy (non-hydrogen) atoms. The monoisotopic (exact) mass is 222 g/mol. The molecule has 4 nitrogen and oxygen atoms in total. The summed E-state index contributed by atoms with van der Waals surface area (Å²) in [5.41, 5.74) is -0.389. The van der Waals surface area contributed by atoms with Gasteiger partial charge in [-0.05, 0) is 6.42 Å². The number of aliphatic hydroxyl groups is 1. The molecule has 1 heterocycles. The third kappa shape index (κ3) is 3.06. The molecule has 1 rings (SSSR count). The van der Waals surface area contributed by atoms with Gasteiger partial charge in [0.2, 0.25) is 0 Å². The highest BCUT2D eigenvalue weighted by Gasteiger charge is 2.38. The van der Waals surface area contributed by atoms with E-state index in [2.05, 4.69) is 0 Å². The summed E-state index contributed by atoms with van der Waals surface area (Å²) in [5.74, 6) is 0. The Balaban J connectivity index is 2.45. The number of hydrogen-bond acceptors (Lipinski definition) is 4. The van der Waals surface area contributed by atoms with E-state index in [9.17, 15) is 4.57 Å². The van der Waals surface area contributed by atoms with Crippen molar-refractivity contribution >= 4 is 7.60 Å². The van der Waals surface area contributed by atoms with Gasteiger partial charge in [0.25, 0.3) is 0 Å². The van der Waals surface area contributed by atoms with Crippen LogP contribution in [0.25, 0.3) is 0 Å². The first-order valence-electron chi connectivity index (χ1n) is 5.03. The molecular weight excluding hydrogens is 203 g/mol. The van der Waals surface area contributed by atoms with Crippen LogP contribution in [0.3, 0.4) is 0 Å². The van der Waals surface area contributed by atoms with Crippen molar-refractivity contribution in [2.45, 2.75) is 26.7 Å². The Morgan fingerprint density at radius 3 is 2.43 bits per heavy atom. The summed E-state index contributed by atoms with van der Waals surface area (Å²) < 4.78 is 22.4. The highest BCUT2D eigenvalue weighted by molar-refractivity contribution is 7.53. The second kappa shape index (κ2) is 4.75. The molecule has 0 bridgehead atoms. The molecular formula is C9H19O4P. The minimum atomic E-state index is -2.83. The lowest BCUT2D eigenvalue weighted by atomic mass is 9.95. The van der Waals surface area contributed by atoms with E-state index < -0.39 is 7.60 Å². The predicted octanol–water partition coefficient (Wildman–Crippen LogP) is 2.02. The van der Waals surface area contributed by atoms with Gasteiger partial charge >= 0.3 is 7.60 Å². The van der Waals surface area contributed by atoms with Crippen molar-refractivity contribution in [2.24, 2.45) is 5.41 Å². The van der Waals surface area contributed by atoms with E-state index in [-0.39, 0.29) is 12.0 Å². The summed E-state index contributed by atoms with van der Waals surface area (Å²) in [6.07, 6.45) is 2.33. The zero-order chi connectivity index (χ0) is 10.7. The van der Waals surface area contributed by atoms with Crippen molar-refractivity contribution in [1.82, 2.24) is 0 Å². The molecule has 0 amide bonds. The molecule has 1 aliphatic heterocycles. The molecule has 0 aromatic heterocycles. The Bertz CT molecular complexity index is 217. The lowest BCUT2D eigenvalue weighted by Gasteiger charge is -2.35. The number of hydrogen-bond donors (Lipinski definition) is 1. The van der Waals surface area contributed by atoms with Crippen LogP contribution in [0.1, 0.15) is 26.7 Å². The van der Waals surface area contributed by atoms with Crippen molar-refractivity contribution in [3.63, 3.8) is 0 Å². The lowest BCUT2D eigenvalue weighted by molar-refractivity contribution is -0.00794. The van der Waals surface area contributed by atoms with Gasteiger partial charge < -0.3 is 14.2 Å². The summed E-state index contributed by atoms with van der Waals surface area (Å²) in [5, 5.41) is 9.05. The molecule has 0 spiro atoms. The van der Waals surface area contributed by atoms with Crippen molar-refractivity contribution < 1.29 is 18.7 Å². The van der Waals surface area contributed by atoms with Gasteiger partial charge in [-0.3, -0.25) is 4.57 Å². The van der Waals surface area contributed by atoms with E-state index in [4.69, 9.17) is 14.2 Å². The van der Waals surface area contributed by atoms with Gasteiger partial charge in [0.05, 0.1) is 26.0 Å². The Morgan fingerprint density at radius 1 is 1.43 bits per heavy atom. The van der Waals surface area contributed by atoms with Crippen LogP contribution in [0.4, 0.5) is 0 Å². The lowest BCUT2D eigenvalue weighted by Crippen LogP contribution is -2.36. The smallest absolute Gasteiger partial charge is 0.330 e. The van der Waals surface area contributed by atoms with E-state index in [0.29, 0.717) is 19.4 Å². The van der Waals surface area contributed by atoms with Crippen molar-refractivity contribution in [2.75, 3.05) is 26.0 Å². The Morgan fingerprint density at radius 2 is 2.00 bits per heavy atom. The Labute approximate surface area is 85.1 Å². The second-order valence-corrected chi connectivity index (χ2v) is 6.39. The molecule has 1 saturated heterocycles. The van der Waals surface area contributed by atoms with Crippen LogP contribution in [0.15, 0.2) is 0 Å². The van der Waals surface area contributed by atoms with Crippen LogP contribution in [-0.4, -0.2) is 31.1 Å². The van der Waals surface area contributed by atoms with E-state index in [1.165, 1.54) is 0 Å². The molecule has 0 unspecified atom stereocenters. The highest BCUT2D eigenvalue weighted by Crippen LogP contribution is 2.54. The van der Waals surface area contributed by atoms with Crippen LogP contribution in [0.5, 0.6) is 0 Å². The number of unbranched alkanes of at least 4 members (excludes halogenated alkanes) is 1. The quantitative estimate of drug-likeness (QED) is 0.739. The number of aliphatic hydroxyl groups excluding tert-OH is 1. The maximum atomic E-state index is 11.9. The highest BCUT2D eigenvalue weighted by atomic mass is 31.2. The summed E-state index contributed by atoms with van der Waals surface area (Å²) in [6.45, 7) is 4.54. The van der Waals surface area contributed by atoms with Gasteiger partial charge in [0.15, 0.2) is 0 Å². The maximum Gasteiger partial charge on any atom is 0.330 e. The normalized spacial score (nSPS) is 38.5. The van der Waals surface area contributed by atoms with Crippen molar-refractivity contribution in [1.29, 1.82) is 0 Å². The molecule has 1 N–H and O–H groups in total. The largest absolute Gasteiger partial charge is 0.396 e. The fraction of sp³-hybridized carbons (Fsp3) is 1.00. The zero-order valence-electron chi connectivity index (χ0n) is 8.86. The fourth-order valence-electron chi connectivity index (χ4n) is 1.16. The van der Waals surface area contributed by atoms with E-state index in [1.807, 2.05) is 13.8 Å². The zero-order valence-corrected chi connectivity index (χ0v) is 9.76. The standard InChI is InChI=1S/C9H19O4P/c1-3-4-5-14(11)12-7-9(2,6-10)8-13-14/h10H,3-8H2,1-2H3. The molecule has 84 valence electrons. The minimum Gasteiger partial charge on any atom is -0.396 e. The maximum absolute atomic E-state index is 11.9. The van der Waals surface area contributed by atoms with Crippen molar-refractivity contribution in [3.8, 4) is 0 Å². The van der Waals surface area contributed by atoms with Gasteiger partial charge in [-0.25, -0.2) is 0 Å². The van der Waals surface area contributed by atoms with Crippen LogP contribution in [-0.2, 0) is 13.6 Å². The Hall–Kier alpha value is 0.110. The topological polar surface area (TPSA) is 55.8 Å². The molecule has 0 aliphatic carbocycles. The number of rotatable bonds is 4. The van der Waals surface area contributed by atoms with Crippen LogP contribution >= 0.6 is 7.60 Å². The molecule has 0 aromatic carbocycles. The Kier molecular flexibility index (Phi) is 4.14. The van der Waals surface area contributed by atoms with Crippen LogP contribution in [0.2, 0.25) is 0 Å². The van der Waals surface area contributed by atoms with E-state index >= 15 is 0 Å². The third-order valence-electron chi connectivity index (χ3n) is 2.39. The van der Waals surface area contributed by atoms with Gasteiger partial charge in [-0.1, -0.05) is 20.3 Å². The first-order chi connectivity index (χ1) is 6.54. The van der Waals surface area contributed by atoms with Gasteiger partial charge in [-0.2, -0.15) is 0 Å². The van der Waals surface area contributed by atoms with E-state index in [1.54, 1.807) is 0 Å². The summed E-state index contributed by atoms with van der Waals surface area (Å²) >= 11 is 0. The SMILES string of the molecule is CCCCP1(=O)OCC(C)(CO)CO1. The average Bonchev–Trinajstić information content (AvgIpc) is 2.21. The molecule has 0 saturated carbocycles.